The van der Waals surface area contributed by atoms with Crippen molar-refractivity contribution < 1.29 is 31.1 Å². The molecule has 1 atom stereocenters. The molecule has 1 aliphatic rings. The van der Waals surface area contributed by atoms with Gasteiger partial charge in [0, 0.05) is 24.8 Å². The minimum atomic E-state index is -4.41. The van der Waals surface area contributed by atoms with Crippen LogP contribution in [0.4, 0.5) is 13.2 Å². The predicted octanol–water partition coefficient (Wildman–Crippen LogP) is 5.81. The Hall–Kier alpha value is -1.99. The Balaban J connectivity index is 1.31. The number of rotatable bonds is 9. The van der Waals surface area contributed by atoms with E-state index in [1.54, 1.807) is 5.38 Å². The number of hydrogen-bond acceptors (Lipinski definition) is 7. The van der Waals surface area contributed by atoms with Crippen molar-refractivity contribution in [2.24, 2.45) is 0 Å². The van der Waals surface area contributed by atoms with Gasteiger partial charge in [-0.25, -0.2) is 13.4 Å². The van der Waals surface area contributed by atoms with Gasteiger partial charge in [0.05, 0.1) is 26.6 Å². The Morgan fingerprint density at radius 3 is 2.60 bits per heavy atom. The largest absolute Gasteiger partial charge is 0.487 e. The molecule has 0 saturated carbocycles. The number of benzene rings is 1. The van der Waals surface area contributed by atoms with Crippen molar-refractivity contribution in [3.05, 3.63) is 62.4 Å². The molecule has 0 bridgehead atoms. The van der Waals surface area contributed by atoms with Crippen LogP contribution in [0.3, 0.4) is 0 Å². The molecule has 1 fully saturated rings. The number of nitrogens with zero attached hydrogens (tertiary/aromatic N) is 2. The van der Waals surface area contributed by atoms with Crippen molar-refractivity contribution in [3.8, 4) is 5.75 Å². The summed E-state index contributed by atoms with van der Waals surface area (Å²) in [6.45, 7) is 0.366. The first kappa shape index (κ1) is 26.1. The first-order valence-electron chi connectivity index (χ1n) is 10.6. The van der Waals surface area contributed by atoms with E-state index >= 15 is 0 Å². The molecule has 2 aromatic heterocycles. The Kier molecular flexibility index (Phi) is 7.86. The molecule has 1 saturated heterocycles. The van der Waals surface area contributed by atoms with Crippen LogP contribution in [0.5, 0.6) is 5.75 Å². The van der Waals surface area contributed by atoms with E-state index in [1.165, 1.54) is 39.9 Å². The van der Waals surface area contributed by atoms with Crippen LogP contribution in [-0.4, -0.2) is 36.1 Å². The number of ketones is 1. The maximum Gasteiger partial charge on any atom is 0.416 e. The Morgan fingerprint density at radius 2 is 1.94 bits per heavy atom. The normalized spacial score (nSPS) is 17.1. The quantitative estimate of drug-likeness (QED) is 0.328. The van der Waals surface area contributed by atoms with Gasteiger partial charge in [-0.05, 0) is 49.2 Å². The van der Waals surface area contributed by atoms with E-state index in [-0.39, 0.29) is 35.3 Å². The fraction of sp³-hybridized carbons (Fsp3) is 0.364. The van der Waals surface area contributed by atoms with Gasteiger partial charge in [-0.1, -0.05) is 11.6 Å². The lowest BCUT2D eigenvalue weighted by Crippen LogP contribution is -2.40. The molecular weight excluding hydrogens is 545 g/mol. The summed E-state index contributed by atoms with van der Waals surface area (Å²) in [5.74, 6) is 0.128. The van der Waals surface area contributed by atoms with Crippen LogP contribution in [0, 0.1) is 0 Å². The van der Waals surface area contributed by atoms with E-state index in [0.717, 1.165) is 23.5 Å². The van der Waals surface area contributed by atoms with Gasteiger partial charge in [-0.2, -0.15) is 17.5 Å². The van der Waals surface area contributed by atoms with Gasteiger partial charge in [0.25, 0.3) is 10.0 Å². The molecule has 0 unspecified atom stereocenters. The van der Waals surface area contributed by atoms with Crippen LogP contribution >= 0.6 is 34.3 Å². The SMILES string of the molecule is O=C(CCc1nc(COc2ccc(C(F)(F)F)cc2)cs1)[C@@H]1CCCN1S(=O)(=O)c1ccc(Cl)s1. The van der Waals surface area contributed by atoms with Crippen molar-refractivity contribution in [1.82, 2.24) is 9.29 Å². The molecule has 0 amide bonds. The first-order chi connectivity index (χ1) is 16.5. The summed E-state index contributed by atoms with van der Waals surface area (Å²) in [4.78, 5) is 17.3. The second-order valence-electron chi connectivity index (χ2n) is 7.84. The summed E-state index contributed by atoms with van der Waals surface area (Å²) in [5, 5.41) is 2.46. The molecule has 0 N–H and O–H groups in total. The molecule has 188 valence electrons. The zero-order valence-electron chi connectivity index (χ0n) is 18.1. The van der Waals surface area contributed by atoms with Gasteiger partial charge in [-0.15, -0.1) is 22.7 Å². The number of thiazole rings is 1. The molecule has 6 nitrogen and oxygen atoms in total. The highest BCUT2D eigenvalue weighted by Gasteiger charge is 2.39. The fourth-order valence-electron chi connectivity index (χ4n) is 3.73. The third-order valence-corrected chi connectivity index (χ3v) is 10.0. The number of Topliss-reactive ketones (excluding diaryl/α,β-unsaturated/α-hetero) is 1. The van der Waals surface area contributed by atoms with Crippen molar-refractivity contribution in [2.45, 2.75) is 48.7 Å². The minimum Gasteiger partial charge on any atom is -0.487 e. The molecule has 0 aliphatic carbocycles. The van der Waals surface area contributed by atoms with E-state index in [4.69, 9.17) is 16.3 Å². The lowest BCUT2D eigenvalue weighted by atomic mass is 10.1. The number of hydrogen-bond donors (Lipinski definition) is 0. The maximum atomic E-state index is 12.9. The van der Waals surface area contributed by atoms with Gasteiger partial charge < -0.3 is 4.74 Å². The van der Waals surface area contributed by atoms with Crippen LogP contribution in [-0.2, 0) is 34.0 Å². The topological polar surface area (TPSA) is 76.6 Å². The molecule has 1 aromatic carbocycles. The van der Waals surface area contributed by atoms with Crippen LogP contribution < -0.4 is 4.74 Å². The summed E-state index contributed by atoms with van der Waals surface area (Å²) in [6, 6.07) is 6.67. The van der Waals surface area contributed by atoms with E-state index in [0.29, 0.717) is 34.3 Å². The molecule has 4 rings (SSSR count). The summed E-state index contributed by atoms with van der Waals surface area (Å²) in [5.41, 5.74) is -0.157. The number of aromatic nitrogens is 1. The number of ether oxygens (including phenoxy) is 1. The van der Waals surface area contributed by atoms with Crippen LogP contribution in [0.1, 0.15) is 35.5 Å². The number of carbonyl (C=O) groups excluding carboxylic acids is 1. The van der Waals surface area contributed by atoms with Crippen LogP contribution in [0.25, 0.3) is 0 Å². The van der Waals surface area contributed by atoms with Crippen molar-refractivity contribution in [3.63, 3.8) is 0 Å². The number of aryl methyl sites for hydroxylation is 1. The van der Waals surface area contributed by atoms with Gasteiger partial charge in [-0.3, -0.25) is 4.79 Å². The molecule has 3 heterocycles. The molecular formula is C22H20ClF3N2O4S3. The third-order valence-electron chi connectivity index (χ3n) is 5.44. The van der Waals surface area contributed by atoms with Crippen molar-refractivity contribution in [2.75, 3.05) is 6.54 Å². The van der Waals surface area contributed by atoms with Crippen molar-refractivity contribution in [1.29, 1.82) is 0 Å². The zero-order chi connectivity index (χ0) is 25.2. The molecule has 0 radical (unpaired) electrons. The first-order valence-corrected chi connectivity index (χ1v) is 14.1. The number of alkyl halides is 3. The molecule has 13 heteroatoms. The maximum absolute atomic E-state index is 12.9. The number of carbonyl (C=O) groups is 1. The molecule has 35 heavy (non-hydrogen) atoms. The summed E-state index contributed by atoms with van der Waals surface area (Å²) in [6.07, 6.45) is -2.82. The van der Waals surface area contributed by atoms with Crippen LogP contribution in [0.2, 0.25) is 4.34 Å². The average Bonchev–Trinajstić information content (AvgIpc) is 3.56. The number of halogens is 4. The standard InChI is InChI=1S/C22H20ClF3N2O4S3/c23-19-8-10-21(34-19)35(30,31)28-11-1-2-17(28)18(29)7-9-20-27-15(13-33-20)12-32-16-5-3-14(4-6-16)22(24,25)26/h3-6,8,10,13,17H,1-2,7,9,11-12H2/t17-/m0/s1. The van der Waals surface area contributed by atoms with Crippen molar-refractivity contribution >= 4 is 50.1 Å². The van der Waals surface area contributed by atoms with E-state index in [9.17, 15) is 26.4 Å². The molecule has 0 spiro atoms. The van der Waals surface area contributed by atoms with E-state index < -0.39 is 27.8 Å². The fourth-order valence-corrected chi connectivity index (χ4v) is 7.80. The van der Waals surface area contributed by atoms with E-state index in [1.807, 2.05) is 0 Å². The molecule has 1 aliphatic heterocycles. The third kappa shape index (κ3) is 6.23. The van der Waals surface area contributed by atoms with Gasteiger partial charge in [0.1, 0.15) is 16.6 Å². The Bertz CT molecular complexity index is 1290. The lowest BCUT2D eigenvalue weighted by Gasteiger charge is -2.22. The number of sulfonamides is 1. The number of thiophene rings is 1. The highest BCUT2D eigenvalue weighted by Crippen LogP contribution is 2.33. The summed E-state index contributed by atoms with van der Waals surface area (Å²) < 4.78 is 71.1. The molecule has 3 aromatic rings. The second-order valence-corrected chi connectivity index (χ2v) is 12.6. The lowest BCUT2D eigenvalue weighted by molar-refractivity contribution is -0.137. The van der Waals surface area contributed by atoms with Gasteiger partial charge in [0.15, 0.2) is 5.78 Å². The second kappa shape index (κ2) is 10.6. The summed E-state index contributed by atoms with van der Waals surface area (Å²) >= 11 is 8.20. The Labute approximate surface area is 213 Å². The minimum absolute atomic E-state index is 0.0772. The zero-order valence-corrected chi connectivity index (χ0v) is 21.3. The smallest absolute Gasteiger partial charge is 0.416 e. The summed E-state index contributed by atoms with van der Waals surface area (Å²) in [7, 11) is -3.78. The highest BCUT2D eigenvalue weighted by atomic mass is 35.5. The average molecular weight is 565 g/mol. The van der Waals surface area contributed by atoms with Gasteiger partial charge >= 0.3 is 6.18 Å². The van der Waals surface area contributed by atoms with Crippen LogP contribution in [0.15, 0.2) is 46.0 Å². The highest BCUT2D eigenvalue weighted by molar-refractivity contribution is 7.91. The monoisotopic (exact) mass is 564 g/mol. The predicted molar refractivity (Wildman–Crippen MR) is 127 cm³/mol. The van der Waals surface area contributed by atoms with E-state index in [2.05, 4.69) is 4.98 Å². The van der Waals surface area contributed by atoms with Gasteiger partial charge in [0.2, 0.25) is 0 Å². The Morgan fingerprint density at radius 1 is 1.20 bits per heavy atom.